The number of nitrogens with one attached hydrogen (secondary N) is 1. The SMILES string of the molecule is CNCCCN(C)c1nc2c(cc1C(N)=O)CCCC2. The molecule has 20 heavy (non-hydrogen) atoms. The van der Waals surface area contributed by atoms with E-state index in [9.17, 15) is 4.79 Å². The highest BCUT2D eigenvalue weighted by Gasteiger charge is 2.19. The van der Waals surface area contributed by atoms with Gasteiger partial charge in [-0.15, -0.1) is 0 Å². The summed E-state index contributed by atoms with van der Waals surface area (Å²) in [6.07, 6.45) is 5.37. The zero-order valence-corrected chi connectivity index (χ0v) is 12.4. The summed E-state index contributed by atoms with van der Waals surface area (Å²) in [5, 5.41) is 3.12. The number of fused-ring (bicyclic) bond motifs is 1. The van der Waals surface area contributed by atoms with Crippen molar-refractivity contribution in [2.24, 2.45) is 5.73 Å². The number of amides is 1. The molecule has 1 heterocycles. The van der Waals surface area contributed by atoms with E-state index in [2.05, 4.69) is 5.32 Å². The van der Waals surface area contributed by atoms with E-state index in [1.54, 1.807) is 0 Å². The fraction of sp³-hybridized carbons (Fsp3) is 0.600. The third kappa shape index (κ3) is 3.28. The number of rotatable bonds is 6. The molecule has 0 bridgehead atoms. The molecule has 0 spiro atoms. The Balaban J connectivity index is 2.27. The standard InChI is InChI=1S/C15H24N4O/c1-17-8-5-9-19(2)15-12(14(16)20)10-11-6-3-4-7-13(11)18-15/h10,17H,3-9H2,1-2H3,(H2,16,20). The van der Waals surface area contributed by atoms with Crippen molar-refractivity contribution in [3.63, 3.8) is 0 Å². The fourth-order valence-electron chi connectivity index (χ4n) is 2.69. The van der Waals surface area contributed by atoms with Gasteiger partial charge in [0.25, 0.3) is 5.91 Å². The summed E-state index contributed by atoms with van der Waals surface area (Å²) in [6.45, 7) is 1.80. The second kappa shape index (κ2) is 6.70. The molecule has 0 saturated carbocycles. The molecule has 0 radical (unpaired) electrons. The van der Waals surface area contributed by atoms with E-state index in [-0.39, 0.29) is 5.91 Å². The van der Waals surface area contributed by atoms with Crippen LogP contribution in [0.5, 0.6) is 0 Å². The van der Waals surface area contributed by atoms with E-state index in [0.29, 0.717) is 5.56 Å². The highest BCUT2D eigenvalue weighted by Crippen LogP contribution is 2.26. The second-order valence-electron chi connectivity index (χ2n) is 5.42. The molecule has 1 aliphatic rings. The number of pyridine rings is 1. The quantitative estimate of drug-likeness (QED) is 0.763. The lowest BCUT2D eigenvalue weighted by Gasteiger charge is -2.24. The van der Waals surface area contributed by atoms with E-state index in [1.165, 1.54) is 18.4 Å². The van der Waals surface area contributed by atoms with Gasteiger partial charge in [0.2, 0.25) is 0 Å². The van der Waals surface area contributed by atoms with Gasteiger partial charge in [0, 0.05) is 19.3 Å². The van der Waals surface area contributed by atoms with Crippen LogP contribution in [0.2, 0.25) is 0 Å². The molecule has 5 heteroatoms. The van der Waals surface area contributed by atoms with Crippen LogP contribution in [0.4, 0.5) is 5.82 Å². The number of anilines is 1. The molecule has 0 unspecified atom stereocenters. The largest absolute Gasteiger partial charge is 0.365 e. The van der Waals surface area contributed by atoms with Crippen LogP contribution < -0.4 is 16.0 Å². The molecule has 1 aromatic heterocycles. The summed E-state index contributed by atoms with van der Waals surface area (Å²) in [4.78, 5) is 18.4. The van der Waals surface area contributed by atoms with E-state index in [4.69, 9.17) is 10.7 Å². The van der Waals surface area contributed by atoms with Crippen molar-refractivity contribution >= 4 is 11.7 Å². The van der Waals surface area contributed by atoms with Crippen LogP contribution in [0.25, 0.3) is 0 Å². The number of carbonyl (C=O) groups is 1. The minimum Gasteiger partial charge on any atom is -0.365 e. The third-order valence-electron chi connectivity index (χ3n) is 3.83. The van der Waals surface area contributed by atoms with Gasteiger partial charge in [0.1, 0.15) is 5.82 Å². The molecule has 2 rings (SSSR count). The molecule has 5 nitrogen and oxygen atoms in total. The van der Waals surface area contributed by atoms with Gasteiger partial charge in [-0.2, -0.15) is 0 Å². The molecule has 3 N–H and O–H groups in total. The maximum absolute atomic E-state index is 11.7. The first kappa shape index (κ1) is 14.8. The molecule has 1 aliphatic carbocycles. The molecular formula is C15H24N4O. The first-order chi connectivity index (χ1) is 9.63. The van der Waals surface area contributed by atoms with Gasteiger partial charge in [-0.05, 0) is 57.3 Å². The summed E-state index contributed by atoms with van der Waals surface area (Å²) in [7, 11) is 3.91. The van der Waals surface area contributed by atoms with Crippen molar-refractivity contribution in [3.05, 3.63) is 22.9 Å². The molecule has 0 aliphatic heterocycles. The van der Waals surface area contributed by atoms with Gasteiger partial charge in [-0.3, -0.25) is 4.79 Å². The van der Waals surface area contributed by atoms with Crippen LogP contribution in [-0.2, 0) is 12.8 Å². The van der Waals surface area contributed by atoms with Crippen LogP contribution >= 0.6 is 0 Å². The normalized spacial score (nSPS) is 13.9. The Labute approximate surface area is 120 Å². The van der Waals surface area contributed by atoms with E-state index < -0.39 is 0 Å². The van der Waals surface area contributed by atoms with Gasteiger partial charge in [0.15, 0.2) is 0 Å². The molecule has 1 aromatic rings. The number of nitrogens with zero attached hydrogens (tertiary/aromatic N) is 2. The number of carbonyl (C=O) groups excluding carboxylic acids is 1. The van der Waals surface area contributed by atoms with Crippen molar-refractivity contribution in [1.29, 1.82) is 0 Å². The Morgan fingerprint density at radius 3 is 2.90 bits per heavy atom. The fourth-order valence-corrected chi connectivity index (χ4v) is 2.69. The Hall–Kier alpha value is -1.62. The average molecular weight is 276 g/mol. The predicted molar refractivity (Wildman–Crippen MR) is 81.2 cm³/mol. The summed E-state index contributed by atoms with van der Waals surface area (Å²) in [5.74, 6) is 0.343. The topological polar surface area (TPSA) is 71.2 Å². The molecule has 0 saturated heterocycles. The van der Waals surface area contributed by atoms with Crippen molar-refractivity contribution < 1.29 is 4.79 Å². The third-order valence-corrected chi connectivity index (χ3v) is 3.83. The number of hydrogen-bond donors (Lipinski definition) is 2. The van der Waals surface area contributed by atoms with Crippen LogP contribution in [-0.4, -0.2) is 38.1 Å². The maximum Gasteiger partial charge on any atom is 0.252 e. The molecule has 0 atom stereocenters. The lowest BCUT2D eigenvalue weighted by molar-refractivity contribution is 0.100. The summed E-state index contributed by atoms with van der Waals surface area (Å²) in [5.41, 5.74) is 8.40. The average Bonchev–Trinajstić information content (AvgIpc) is 2.46. The number of hydrogen-bond acceptors (Lipinski definition) is 4. The van der Waals surface area contributed by atoms with E-state index >= 15 is 0 Å². The van der Waals surface area contributed by atoms with E-state index in [1.807, 2.05) is 25.1 Å². The van der Waals surface area contributed by atoms with Crippen LogP contribution in [0.1, 0.15) is 40.9 Å². The van der Waals surface area contributed by atoms with Crippen molar-refractivity contribution in [3.8, 4) is 0 Å². The smallest absolute Gasteiger partial charge is 0.252 e. The van der Waals surface area contributed by atoms with Gasteiger partial charge < -0.3 is 16.0 Å². The van der Waals surface area contributed by atoms with Crippen molar-refractivity contribution in [1.82, 2.24) is 10.3 Å². The Morgan fingerprint density at radius 2 is 2.20 bits per heavy atom. The van der Waals surface area contributed by atoms with Crippen LogP contribution in [0.3, 0.4) is 0 Å². The second-order valence-corrected chi connectivity index (χ2v) is 5.42. The molecular weight excluding hydrogens is 252 g/mol. The Morgan fingerprint density at radius 1 is 1.45 bits per heavy atom. The Kier molecular flexibility index (Phi) is 4.95. The van der Waals surface area contributed by atoms with Crippen molar-refractivity contribution in [2.75, 3.05) is 32.1 Å². The lowest BCUT2D eigenvalue weighted by atomic mass is 9.94. The van der Waals surface area contributed by atoms with Gasteiger partial charge >= 0.3 is 0 Å². The van der Waals surface area contributed by atoms with Gasteiger partial charge in [0.05, 0.1) is 5.56 Å². The summed E-state index contributed by atoms with van der Waals surface area (Å²) < 4.78 is 0. The summed E-state index contributed by atoms with van der Waals surface area (Å²) >= 11 is 0. The zero-order chi connectivity index (χ0) is 14.5. The number of nitrogens with two attached hydrogens (primary N) is 1. The maximum atomic E-state index is 11.7. The number of aromatic nitrogens is 1. The first-order valence-corrected chi connectivity index (χ1v) is 7.32. The van der Waals surface area contributed by atoms with Crippen LogP contribution in [0, 0.1) is 0 Å². The lowest BCUT2D eigenvalue weighted by Crippen LogP contribution is -2.27. The Bertz CT molecular complexity index is 487. The summed E-state index contributed by atoms with van der Waals surface area (Å²) in [6, 6.07) is 1.95. The predicted octanol–water partition coefficient (Wildman–Crippen LogP) is 1.10. The highest BCUT2D eigenvalue weighted by molar-refractivity contribution is 5.98. The zero-order valence-electron chi connectivity index (χ0n) is 12.4. The molecule has 1 amide bonds. The highest BCUT2D eigenvalue weighted by atomic mass is 16.1. The molecule has 110 valence electrons. The number of primary amides is 1. The van der Waals surface area contributed by atoms with E-state index in [0.717, 1.165) is 43.9 Å². The first-order valence-electron chi connectivity index (χ1n) is 7.32. The number of aryl methyl sites for hydroxylation is 2. The molecule has 0 aromatic carbocycles. The molecule has 0 fully saturated rings. The van der Waals surface area contributed by atoms with Gasteiger partial charge in [-0.1, -0.05) is 0 Å². The van der Waals surface area contributed by atoms with Crippen LogP contribution in [0.15, 0.2) is 6.07 Å². The van der Waals surface area contributed by atoms with Crippen molar-refractivity contribution in [2.45, 2.75) is 32.1 Å². The van der Waals surface area contributed by atoms with Gasteiger partial charge in [-0.25, -0.2) is 4.98 Å². The minimum atomic E-state index is -0.388. The minimum absolute atomic E-state index is 0.388. The monoisotopic (exact) mass is 276 g/mol.